The first-order valence-corrected chi connectivity index (χ1v) is 10.9. The van der Waals surface area contributed by atoms with Crippen LogP contribution < -0.4 is 0 Å². The number of fused-ring (bicyclic) bond motifs is 1. The molecule has 1 aromatic carbocycles. The maximum Gasteiger partial charge on any atom is 0.409 e. The zero-order valence-corrected chi connectivity index (χ0v) is 18.2. The van der Waals surface area contributed by atoms with Crippen LogP contribution in [-0.2, 0) is 17.7 Å². The standard InChI is InChI=1S/C24H29N3O4/c1-3-30-24(29)26-14-12-25(13-15-26)23(28)21-17-22-20(16-18(2)31-22)27(21)11-7-10-19-8-5-4-6-9-19/h4-6,8-9,16-17H,3,7,10-15H2,1-2H3. The van der Waals surface area contributed by atoms with Crippen LogP contribution in [0.25, 0.3) is 11.1 Å². The molecule has 31 heavy (non-hydrogen) atoms. The quantitative estimate of drug-likeness (QED) is 0.599. The molecule has 1 saturated heterocycles. The number of piperazine rings is 1. The summed E-state index contributed by atoms with van der Waals surface area (Å²) in [6, 6.07) is 14.2. The van der Waals surface area contributed by atoms with E-state index in [9.17, 15) is 9.59 Å². The lowest BCUT2D eigenvalue weighted by Gasteiger charge is -2.34. The minimum atomic E-state index is -0.313. The maximum absolute atomic E-state index is 13.3. The van der Waals surface area contributed by atoms with Gasteiger partial charge < -0.3 is 23.5 Å². The third-order valence-corrected chi connectivity index (χ3v) is 5.71. The van der Waals surface area contributed by atoms with Gasteiger partial charge in [0.05, 0.1) is 12.1 Å². The van der Waals surface area contributed by atoms with Gasteiger partial charge in [0.1, 0.15) is 11.5 Å². The van der Waals surface area contributed by atoms with Crippen LogP contribution in [0, 0.1) is 6.92 Å². The van der Waals surface area contributed by atoms with Crippen LogP contribution in [0.4, 0.5) is 4.79 Å². The molecule has 3 aromatic rings. The Balaban J connectivity index is 1.48. The Morgan fingerprint density at radius 2 is 1.74 bits per heavy atom. The molecule has 2 aromatic heterocycles. The summed E-state index contributed by atoms with van der Waals surface area (Å²) in [4.78, 5) is 28.7. The minimum absolute atomic E-state index is 0.0210. The second-order valence-electron chi connectivity index (χ2n) is 7.86. The number of rotatable bonds is 6. The minimum Gasteiger partial charge on any atom is -0.460 e. The number of carbonyl (C=O) groups excluding carboxylic acids is 2. The molecule has 0 N–H and O–H groups in total. The maximum atomic E-state index is 13.3. The summed E-state index contributed by atoms with van der Waals surface area (Å²) in [6.07, 6.45) is 1.56. The molecule has 0 aliphatic carbocycles. The first-order chi connectivity index (χ1) is 15.1. The summed E-state index contributed by atoms with van der Waals surface area (Å²) < 4.78 is 13.0. The highest BCUT2D eigenvalue weighted by Gasteiger charge is 2.28. The van der Waals surface area contributed by atoms with Crippen molar-refractivity contribution in [3.05, 3.63) is 59.5 Å². The van der Waals surface area contributed by atoms with Crippen molar-refractivity contribution < 1.29 is 18.7 Å². The van der Waals surface area contributed by atoms with Gasteiger partial charge in [-0.1, -0.05) is 30.3 Å². The fraction of sp³-hybridized carbons (Fsp3) is 0.417. The molecule has 1 aliphatic heterocycles. The van der Waals surface area contributed by atoms with Gasteiger partial charge in [0.15, 0.2) is 5.58 Å². The topological polar surface area (TPSA) is 67.9 Å². The molecule has 7 heteroatoms. The number of furan rings is 1. The number of hydrogen-bond donors (Lipinski definition) is 0. The van der Waals surface area contributed by atoms with Crippen LogP contribution in [0.15, 0.2) is 46.9 Å². The summed E-state index contributed by atoms with van der Waals surface area (Å²) in [5, 5.41) is 0. The molecule has 3 heterocycles. The van der Waals surface area contributed by atoms with Crippen molar-refractivity contribution in [1.29, 1.82) is 0 Å². The first kappa shape index (κ1) is 21.0. The van der Waals surface area contributed by atoms with E-state index in [2.05, 4.69) is 16.7 Å². The Kier molecular flexibility index (Phi) is 6.30. The molecule has 7 nitrogen and oxygen atoms in total. The highest BCUT2D eigenvalue weighted by Crippen LogP contribution is 2.26. The van der Waals surface area contributed by atoms with Gasteiger partial charge in [-0.05, 0) is 32.3 Å². The van der Waals surface area contributed by atoms with Crippen molar-refractivity contribution in [2.45, 2.75) is 33.2 Å². The van der Waals surface area contributed by atoms with Crippen molar-refractivity contribution in [2.75, 3.05) is 32.8 Å². The third kappa shape index (κ3) is 4.60. The van der Waals surface area contributed by atoms with Gasteiger partial charge in [-0.2, -0.15) is 0 Å². The smallest absolute Gasteiger partial charge is 0.409 e. The molecule has 4 rings (SSSR count). The third-order valence-electron chi connectivity index (χ3n) is 5.71. The zero-order valence-electron chi connectivity index (χ0n) is 18.2. The molecule has 1 fully saturated rings. The van der Waals surface area contributed by atoms with Gasteiger partial charge in [-0.3, -0.25) is 4.79 Å². The van der Waals surface area contributed by atoms with Gasteiger partial charge in [0.25, 0.3) is 5.91 Å². The average Bonchev–Trinajstić information content (AvgIpc) is 3.31. The second kappa shape index (κ2) is 9.29. The fourth-order valence-corrected chi connectivity index (χ4v) is 4.14. The van der Waals surface area contributed by atoms with Gasteiger partial charge >= 0.3 is 6.09 Å². The first-order valence-electron chi connectivity index (χ1n) is 10.9. The van der Waals surface area contributed by atoms with Gasteiger partial charge in [0.2, 0.25) is 0 Å². The summed E-state index contributed by atoms with van der Waals surface area (Å²) in [5.41, 5.74) is 3.63. The molecule has 0 bridgehead atoms. The number of benzene rings is 1. The van der Waals surface area contributed by atoms with Crippen molar-refractivity contribution in [3.8, 4) is 0 Å². The van der Waals surface area contributed by atoms with Crippen LogP contribution in [0.2, 0.25) is 0 Å². The largest absolute Gasteiger partial charge is 0.460 e. The molecular formula is C24H29N3O4. The number of carbonyl (C=O) groups is 2. The highest BCUT2D eigenvalue weighted by atomic mass is 16.6. The lowest BCUT2D eigenvalue weighted by molar-refractivity contribution is 0.0562. The van der Waals surface area contributed by atoms with Crippen molar-refractivity contribution in [2.24, 2.45) is 0 Å². The van der Waals surface area contributed by atoms with E-state index >= 15 is 0 Å². The van der Waals surface area contributed by atoms with E-state index in [1.807, 2.05) is 42.2 Å². The van der Waals surface area contributed by atoms with E-state index in [1.165, 1.54) is 5.56 Å². The van der Waals surface area contributed by atoms with Crippen molar-refractivity contribution >= 4 is 23.1 Å². The predicted molar refractivity (Wildman–Crippen MR) is 118 cm³/mol. The van der Waals surface area contributed by atoms with E-state index in [4.69, 9.17) is 9.15 Å². The fourth-order valence-electron chi connectivity index (χ4n) is 4.14. The molecular weight excluding hydrogens is 394 g/mol. The monoisotopic (exact) mass is 423 g/mol. The normalized spacial score (nSPS) is 14.3. The molecule has 0 radical (unpaired) electrons. The number of amides is 2. The van der Waals surface area contributed by atoms with Crippen LogP contribution in [0.3, 0.4) is 0 Å². The average molecular weight is 424 g/mol. The molecule has 0 spiro atoms. The number of nitrogens with zero attached hydrogens (tertiary/aromatic N) is 3. The van der Waals surface area contributed by atoms with E-state index in [0.29, 0.717) is 38.5 Å². The van der Waals surface area contributed by atoms with Crippen LogP contribution >= 0.6 is 0 Å². The van der Waals surface area contributed by atoms with Gasteiger partial charge in [-0.15, -0.1) is 0 Å². The Bertz CT molecular complexity index is 1050. The van der Waals surface area contributed by atoms with Crippen molar-refractivity contribution in [1.82, 2.24) is 14.4 Å². The molecule has 2 amide bonds. The predicted octanol–water partition coefficient (Wildman–Crippen LogP) is 4.09. The molecule has 1 aliphatic rings. The number of ether oxygens (including phenoxy) is 1. The summed E-state index contributed by atoms with van der Waals surface area (Å²) in [7, 11) is 0. The van der Waals surface area contributed by atoms with Crippen LogP contribution in [0.1, 0.15) is 35.2 Å². The van der Waals surface area contributed by atoms with Gasteiger partial charge in [-0.25, -0.2) is 4.79 Å². The Morgan fingerprint density at radius 1 is 1.03 bits per heavy atom. The summed E-state index contributed by atoms with van der Waals surface area (Å²) in [5.74, 6) is 0.816. The van der Waals surface area contributed by atoms with E-state index in [-0.39, 0.29) is 12.0 Å². The summed E-state index contributed by atoms with van der Waals surface area (Å²) >= 11 is 0. The Labute approximate surface area is 182 Å². The van der Waals surface area contributed by atoms with E-state index in [0.717, 1.165) is 36.2 Å². The molecule has 0 atom stereocenters. The van der Waals surface area contributed by atoms with E-state index < -0.39 is 0 Å². The Morgan fingerprint density at radius 3 is 2.45 bits per heavy atom. The number of aromatic nitrogens is 1. The molecule has 0 unspecified atom stereocenters. The van der Waals surface area contributed by atoms with Crippen molar-refractivity contribution in [3.63, 3.8) is 0 Å². The lowest BCUT2D eigenvalue weighted by atomic mass is 10.1. The molecule has 164 valence electrons. The second-order valence-corrected chi connectivity index (χ2v) is 7.86. The number of hydrogen-bond acceptors (Lipinski definition) is 4. The highest BCUT2D eigenvalue weighted by molar-refractivity contribution is 5.97. The lowest BCUT2D eigenvalue weighted by Crippen LogP contribution is -2.51. The van der Waals surface area contributed by atoms with Crippen LogP contribution in [0.5, 0.6) is 0 Å². The summed E-state index contributed by atoms with van der Waals surface area (Å²) in [6.45, 7) is 6.75. The SMILES string of the molecule is CCOC(=O)N1CCN(C(=O)c2cc3oc(C)cc3n2CCCc2ccccc2)CC1. The van der Waals surface area contributed by atoms with Gasteiger partial charge in [0, 0.05) is 44.9 Å². The molecule has 0 saturated carbocycles. The number of aryl methyl sites for hydroxylation is 3. The zero-order chi connectivity index (χ0) is 21.8. The van der Waals surface area contributed by atoms with E-state index in [1.54, 1.807) is 11.8 Å². The van der Waals surface area contributed by atoms with Crippen LogP contribution in [-0.4, -0.2) is 59.2 Å². The Hall–Kier alpha value is -3.22.